The zero-order valence-corrected chi connectivity index (χ0v) is 20.1. The van der Waals surface area contributed by atoms with Crippen molar-refractivity contribution in [2.75, 3.05) is 6.61 Å². The second-order valence-corrected chi connectivity index (χ2v) is 8.51. The lowest BCUT2D eigenvalue weighted by atomic mass is 10.2. The summed E-state index contributed by atoms with van der Waals surface area (Å²) in [6.07, 6.45) is 1.23. The third kappa shape index (κ3) is 4.61. The molecule has 182 valence electrons. The summed E-state index contributed by atoms with van der Waals surface area (Å²) in [5.74, 6) is 0.139. The molecule has 0 saturated carbocycles. The van der Waals surface area contributed by atoms with Gasteiger partial charge in [-0.1, -0.05) is 35.3 Å². The molecule has 37 heavy (non-hydrogen) atoms. The Labute approximate surface area is 217 Å². The summed E-state index contributed by atoms with van der Waals surface area (Å²) in [6, 6.07) is 17.8. The zero-order valence-electron chi connectivity index (χ0n) is 18.6. The van der Waals surface area contributed by atoms with Crippen LogP contribution in [-0.2, 0) is 0 Å². The van der Waals surface area contributed by atoms with E-state index < -0.39 is 22.8 Å². The molecule has 3 aromatic carbocycles. The summed E-state index contributed by atoms with van der Waals surface area (Å²) >= 11 is 12.3. The van der Waals surface area contributed by atoms with Gasteiger partial charge in [-0.2, -0.15) is 15.0 Å². The molecule has 0 aliphatic rings. The van der Waals surface area contributed by atoms with E-state index in [0.717, 1.165) is 4.68 Å². The van der Waals surface area contributed by atoms with E-state index in [-0.39, 0.29) is 27.9 Å². The molecule has 0 radical (unpaired) electrons. The van der Waals surface area contributed by atoms with Gasteiger partial charge in [0, 0.05) is 22.0 Å². The molecule has 0 N–H and O–H groups in total. The van der Waals surface area contributed by atoms with Crippen molar-refractivity contribution in [2.45, 2.75) is 0 Å². The number of halogens is 2. The van der Waals surface area contributed by atoms with Crippen molar-refractivity contribution in [1.82, 2.24) is 9.66 Å². The third-order valence-electron chi connectivity index (χ3n) is 5.30. The molecule has 0 aliphatic heterocycles. The highest BCUT2D eigenvalue weighted by atomic mass is 35.5. The van der Waals surface area contributed by atoms with Crippen molar-refractivity contribution in [3.63, 3.8) is 0 Å². The topological polar surface area (TPSA) is 137 Å². The summed E-state index contributed by atoms with van der Waals surface area (Å²) in [5.41, 5.74) is 0.244. The first-order chi connectivity index (χ1) is 17.9. The van der Waals surface area contributed by atoms with Crippen LogP contribution in [0.5, 0.6) is 5.75 Å². The SMILES string of the molecule is N#CCOc1c(Cl)cc(C=Nn2c(-c3cc4cc(Cl)ccc4o3)nc3ccccc3c2=O)cc1[N+](=O)[O-]. The van der Waals surface area contributed by atoms with Gasteiger partial charge in [0.05, 0.1) is 27.1 Å². The fourth-order valence-electron chi connectivity index (χ4n) is 3.70. The molecule has 0 atom stereocenters. The van der Waals surface area contributed by atoms with E-state index in [2.05, 4.69) is 10.1 Å². The van der Waals surface area contributed by atoms with E-state index in [0.29, 0.717) is 26.9 Å². The van der Waals surface area contributed by atoms with Crippen LogP contribution in [0.1, 0.15) is 5.56 Å². The first-order valence-corrected chi connectivity index (χ1v) is 11.3. The lowest BCUT2D eigenvalue weighted by Gasteiger charge is -2.08. The molecule has 0 unspecified atom stereocenters. The fraction of sp³-hybridized carbons (Fsp3) is 0.0400. The second-order valence-electron chi connectivity index (χ2n) is 7.66. The highest BCUT2D eigenvalue weighted by Gasteiger charge is 2.21. The summed E-state index contributed by atoms with van der Waals surface area (Å²) < 4.78 is 12.1. The second kappa shape index (κ2) is 9.73. The van der Waals surface area contributed by atoms with Crippen molar-refractivity contribution in [2.24, 2.45) is 5.10 Å². The minimum atomic E-state index is -0.690. The molecular weight excluding hydrogens is 521 g/mol. The Bertz CT molecular complexity index is 1840. The predicted octanol–water partition coefficient (Wildman–Crippen LogP) is 5.81. The maximum Gasteiger partial charge on any atom is 0.313 e. The number of nitrogens with zero attached hydrogens (tertiary/aromatic N) is 5. The van der Waals surface area contributed by atoms with Gasteiger partial charge in [-0.05, 0) is 42.5 Å². The van der Waals surface area contributed by atoms with Crippen LogP contribution in [0.4, 0.5) is 5.69 Å². The van der Waals surface area contributed by atoms with Crippen molar-refractivity contribution in [1.29, 1.82) is 5.26 Å². The van der Waals surface area contributed by atoms with Crippen molar-refractivity contribution >= 4 is 57.0 Å². The molecule has 10 nitrogen and oxygen atoms in total. The van der Waals surface area contributed by atoms with Crippen molar-refractivity contribution in [3.05, 3.63) is 96.7 Å². The molecule has 0 bridgehead atoms. The van der Waals surface area contributed by atoms with E-state index in [4.69, 9.17) is 37.6 Å². The van der Waals surface area contributed by atoms with Crippen LogP contribution in [-0.4, -0.2) is 27.4 Å². The van der Waals surface area contributed by atoms with Gasteiger partial charge in [0.15, 0.2) is 12.4 Å². The first kappa shape index (κ1) is 24.0. The molecule has 0 fully saturated rings. The Morgan fingerprint density at radius 1 is 1.19 bits per heavy atom. The number of hydrogen-bond acceptors (Lipinski definition) is 8. The number of furan rings is 1. The van der Waals surface area contributed by atoms with Crippen LogP contribution in [0.3, 0.4) is 0 Å². The lowest BCUT2D eigenvalue weighted by molar-refractivity contribution is -0.385. The normalized spacial score (nSPS) is 11.3. The number of fused-ring (bicyclic) bond motifs is 2. The number of benzene rings is 3. The van der Waals surface area contributed by atoms with Gasteiger partial charge in [0.1, 0.15) is 11.7 Å². The van der Waals surface area contributed by atoms with Crippen LogP contribution in [0, 0.1) is 21.4 Å². The lowest BCUT2D eigenvalue weighted by Crippen LogP contribution is -2.20. The van der Waals surface area contributed by atoms with Gasteiger partial charge in [-0.3, -0.25) is 14.9 Å². The smallest absolute Gasteiger partial charge is 0.313 e. The molecule has 2 aromatic heterocycles. The standard InChI is InChI=1S/C25H13Cl2N5O5/c26-16-5-6-21-15(11-16)12-22(37-21)24-30-19-4-2-1-3-17(19)25(33)31(24)29-13-14-9-18(27)23(36-8-7-28)20(10-14)32(34)35/h1-6,9-13H,8H2. The molecule has 0 spiro atoms. The minimum absolute atomic E-state index is 0.0933. The van der Waals surface area contributed by atoms with E-state index in [9.17, 15) is 14.9 Å². The minimum Gasteiger partial charge on any atom is -0.470 e. The molecule has 0 aliphatic carbocycles. The summed E-state index contributed by atoms with van der Waals surface area (Å²) in [6.45, 7) is -0.418. The Morgan fingerprint density at radius 3 is 2.78 bits per heavy atom. The van der Waals surface area contributed by atoms with Crippen LogP contribution in [0.25, 0.3) is 33.5 Å². The molecule has 5 rings (SSSR count). The summed E-state index contributed by atoms with van der Waals surface area (Å²) in [5, 5.41) is 26.0. The number of para-hydroxylation sites is 1. The van der Waals surface area contributed by atoms with Gasteiger partial charge < -0.3 is 9.15 Å². The number of aromatic nitrogens is 2. The highest BCUT2D eigenvalue weighted by Crippen LogP contribution is 2.36. The van der Waals surface area contributed by atoms with Gasteiger partial charge in [-0.25, -0.2) is 4.98 Å². The Hall–Kier alpha value is -4.72. The van der Waals surface area contributed by atoms with Gasteiger partial charge in [0.2, 0.25) is 11.6 Å². The fourth-order valence-corrected chi connectivity index (χ4v) is 4.15. The van der Waals surface area contributed by atoms with Crippen molar-refractivity contribution in [3.8, 4) is 23.4 Å². The van der Waals surface area contributed by atoms with Crippen LogP contribution in [0.15, 0.2) is 75.0 Å². The maximum absolute atomic E-state index is 13.4. The van der Waals surface area contributed by atoms with Crippen molar-refractivity contribution < 1.29 is 14.1 Å². The number of nitro benzene ring substituents is 1. The zero-order chi connectivity index (χ0) is 26.1. The monoisotopic (exact) mass is 533 g/mol. The number of ether oxygens (including phenoxy) is 1. The Balaban J connectivity index is 1.67. The average molecular weight is 534 g/mol. The van der Waals surface area contributed by atoms with E-state index >= 15 is 0 Å². The van der Waals surface area contributed by atoms with E-state index in [1.54, 1.807) is 54.6 Å². The summed E-state index contributed by atoms with van der Waals surface area (Å²) in [4.78, 5) is 28.8. The molecule has 12 heteroatoms. The average Bonchev–Trinajstić information content (AvgIpc) is 3.30. The van der Waals surface area contributed by atoms with Gasteiger partial charge >= 0.3 is 5.69 Å². The third-order valence-corrected chi connectivity index (χ3v) is 5.81. The summed E-state index contributed by atoms with van der Waals surface area (Å²) in [7, 11) is 0. The maximum atomic E-state index is 13.4. The quantitative estimate of drug-likeness (QED) is 0.152. The Kier molecular flexibility index (Phi) is 6.31. The highest BCUT2D eigenvalue weighted by molar-refractivity contribution is 6.32. The van der Waals surface area contributed by atoms with E-state index in [1.165, 1.54) is 18.3 Å². The Morgan fingerprint density at radius 2 is 2.00 bits per heavy atom. The van der Waals surface area contributed by atoms with Gasteiger partial charge in [0.25, 0.3) is 5.56 Å². The number of hydrogen-bond donors (Lipinski definition) is 0. The number of nitro groups is 1. The number of nitriles is 1. The van der Waals surface area contributed by atoms with E-state index in [1.807, 2.05) is 0 Å². The molecule has 2 heterocycles. The molecule has 0 amide bonds. The predicted molar refractivity (Wildman–Crippen MR) is 138 cm³/mol. The van der Waals surface area contributed by atoms with Crippen LogP contribution >= 0.6 is 23.2 Å². The van der Waals surface area contributed by atoms with Crippen LogP contribution in [0.2, 0.25) is 10.0 Å². The molecular formula is C25H13Cl2N5O5. The van der Waals surface area contributed by atoms with Gasteiger partial charge in [-0.15, -0.1) is 0 Å². The molecule has 0 saturated heterocycles. The largest absolute Gasteiger partial charge is 0.470 e. The first-order valence-electron chi connectivity index (χ1n) is 10.6. The molecule has 5 aromatic rings. The van der Waals surface area contributed by atoms with Crippen LogP contribution < -0.4 is 10.3 Å². The number of rotatable bonds is 6.